The van der Waals surface area contributed by atoms with E-state index in [1.165, 1.54) is 9.13 Å². The van der Waals surface area contributed by atoms with Crippen LogP contribution in [0.3, 0.4) is 0 Å². The lowest BCUT2D eigenvalue weighted by Crippen LogP contribution is -2.54. The molecule has 4 nitrogen and oxygen atoms in total. The van der Waals surface area contributed by atoms with Crippen LogP contribution in [0.4, 0.5) is 4.79 Å². The number of hydrogen-bond donors (Lipinski definition) is 0. The molecule has 0 N–H and O–H groups in total. The molecule has 0 unspecified atom stereocenters. The van der Waals surface area contributed by atoms with Crippen LogP contribution in [0.25, 0.3) is 0 Å². The number of carbonyl (C=O) groups excluding carboxylic acids is 1. The lowest BCUT2D eigenvalue weighted by atomic mass is 10.1. The van der Waals surface area contributed by atoms with Crippen molar-refractivity contribution < 1.29 is 9.53 Å². The van der Waals surface area contributed by atoms with Gasteiger partial charge in [-0.05, 0) is 68.0 Å². The molecule has 22 heavy (non-hydrogen) atoms. The van der Waals surface area contributed by atoms with Crippen molar-refractivity contribution in [2.45, 2.75) is 45.9 Å². The van der Waals surface area contributed by atoms with E-state index in [-0.39, 0.29) is 12.1 Å². The number of benzene rings is 1. The molecule has 0 aliphatic carbocycles. The van der Waals surface area contributed by atoms with Crippen LogP contribution >= 0.6 is 22.6 Å². The van der Waals surface area contributed by atoms with Crippen LogP contribution in [0, 0.1) is 3.57 Å². The van der Waals surface area contributed by atoms with Crippen molar-refractivity contribution in [2.75, 3.05) is 19.6 Å². The van der Waals surface area contributed by atoms with Crippen LogP contribution in [0.1, 0.15) is 33.3 Å². The topological polar surface area (TPSA) is 32.8 Å². The second kappa shape index (κ2) is 7.17. The SMILES string of the molecule is C[C@H]1CN(Cc2ccc(I)cc2)CCN1C(=O)OC(C)(C)C. The van der Waals surface area contributed by atoms with Gasteiger partial charge in [0.1, 0.15) is 5.60 Å². The third-order valence-electron chi connectivity index (χ3n) is 3.66. The van der Waals surface area contributed by atoms with Gasteiger partial charge in [0.05, 0.1) is 0 Å². The number of amides is 1. The molecule has 1 aliphatic rings. The second-order valence-electron chi connectivity index (χ2n) is 6.88. The minimum Gasteiger partial charge on any atom is -0.444 e. The van der Waals surface area contributed by atoms with Crippen LogP contribution in [-0.2, 0) is 11.3 Å². The van der Waals surface area contributed by atoms with Crippen LogP contribution in [-0.4, -0.2) is 47.2 Å². The summed E-state index contributed by atoms with van der Waals surface area (Å²) in [6, 6.07) is 8.79. The third kappa shape index (κ3) is 5.12. The molecule has 1 aromatic carbocycles. The molecule has 1 fully saturated rings. The largest absolute Gasteiger partial charge is 0.444 e. The van der Waals surface area contributed by atoms with E-state index >= 15 is 0 Å². The molecule has 1 atom stereocenters. The molecule has 0 aromatic heterocycles. The monoisotopic (exact) mass is 416 g/mol. The van der Waals surface area contributed by atoms with Crippen molar-refractivity contribution in [3.05, 3.63) is 33.4 Å². The molecule has 0 bridgehead atoms. The second-order valence-corrected chi connectivity index (χ2v) is 8.13. The summed E-state index contributed by atoms with van der Waals surface area (Å²) in [6.45, 7) is 11.2. The number of ether oxygens (including phenoxy) is 1. The number of piperazine rings is 1. The number of halogens is 1. The molecule has 0 spiro atoms. The van der Waals surface area contributed by atoms with Crippen molar-refractivity contribution in [3.8, 4) is 0 Å². The Labute approximate surface area is 146 Å². The van der Waals surface area contributed by atoms with E-state index in [0.717, 1.165) is 26.2 Å². The van der Waals surface area contributed by atoms with Crippen molar-refractivity contribution >= 4 is 28.7 Å². The van der Waals surface area contributed by atoms with Gasteiger partial charge in [0.25, 0.3) is 0 Å². The summed E-state index contributed by atoms with van der Waals surface area (Å²) >= 11 is 2.32. The zero-order valence-corrected chi connectivity index (χ0v) is 16.0. The Balaban J connectivity index is 1.89. The molecule has 0 radical (unpaired) electrons. The summed E-state index contributed by atoms with van der Waals surface area (Å²) < 4.78 is 6.74. The number of hydrogen-bond acceptors (Lipinski definition) is 3. The minimum atomic E-state index is -0.435. The normalized spacial score (nSPS) is 20.0. The van der Waals surface area contributed by atoms with Gasteiger partial charge in [0, 0.05) is 35.8 Å². The first-order valence-electron chi connectivity index (χ1n) is 7.71. The highest BCUT2D eigenvalue weighted by atomic mass is 127. The standard InChI is InChI=1S/C17H25IN2O2/c1-13-11-19(12-14-5-7-15(18)8-6-14)9-10-20(13)16(21)22-17(2,3)4/h5-8,13H,9-12H2,1-4H3/t13-/m0/s1. The summed E-state index contributed by atoms with van der Waals surface area (Å²) in [7, 11) is 0. The molecule has 122 valence electrons. The zero-order valence-electron chi connectivity index (χ0n) is 13.8. The van der Waals surface area contributed by atoms with Gasteiger partial charge in [0.2, 0.25) is 0 Å². The van der Waals surface area contributed by atoms with Crippen molar-refractivity contribution in [3.63, 3.8) is 0 Å². The lowest BCUT2D eigenvalue weighted by Gasteiger charge is -2.40. The third-order valence-corrected chi connectivity index (χ3v) is 4.38. The molecule has 1 saturated heterocycles. The highest BCUT2D eigenvalue weighted by Crippen LogP contribution is 2.17. The number of nitrogens with zero attached hydrogens (tertiary/aromatic N) is 2. The average Bonchev–Trinajstić information content (AvgIpc) is 2.39. The highest BCUT2D eigenvalue weighted by molar-refractivity contribution is 14.1. The molecular formula is C17H25IN2O2. The smallest absolute Gasteiger partial charge is 0.410 e. The van der Waals surface area contributed by atoms with Crippen molar-refractivity contribution in [2.24, 2.45) is 0 Å². The maximum absolute atomic E-state index is 12.2. The molecule has 1 aliphatic heterocycles. The zero-order chi connectivity index (χ0) is 16.3. The Kier molecular flexibility index (Phi) is 5.71. The van der Waals surface area contributed by atoms with Gasteiger partial charge in [-0.1, -0.05) is 12.1 Å². The van der Waals surface area contributed by atoms with Crippen LogP contribution in [0.2, 0.25) is 0 Å². The predicted octanol–water partition coefficient (Wildman–Crippen LogP) is 3.73. The number of rotatable bonds is 2. The van der Waals surface area contributed by atoms with Crippen molar-refractivity contribution in [1.29, 1.82) is 0 Å². The maximum atomic E-state index is 12.2. The van der Waals surface area contributed by atoms with Crippen LogP contribution in [0.15, 0.2) is 24.3 Å². The maximum Gasteiger partial charge on any atom is 0.410 e. The van der Waals surface area contributed by atoms with E-state index in [2.05, 4.69) is 58.7 Å². The van der Waals surface area contributed by atoms with E-state index in [4.69, 9.17) is 4.74 Å². The molecule has 2 rings (SSSR count). The fourth-order valence-corrected chi connectivity index (χ4v) is 2.98. The summed E-state index contributed by atoms with van der Waals surface area (Å²) in [4.78, 5) is 16.5. The Bertz CT molecular complexity index is 510. The lowest BCUT2D eigenvalue weighted by molar-refractivity contribution is 0.000563. The van der Waals surface area contributed by atoms with E-state index in [1.807, 2.05) is 25.7 Å². The van der Waals surface area contributed by atoms with Gasteiger partial charge in [-0.2, -0.15) is 0 Å². The Morgan fingerprint density at radius 2 is 1.91 bits per heavy atom. The van der Waals surface area contributed by atoms with E-state index in [9.17, 15) is 4.79 Å². The Morgan fingerprint density at radius 1 is 1.27 bits per heavy atom. The first kappa shape index (κ1) is 17.5. The van der Waals surface area contributed by atoms with Gasteiger partial charge >= 0.3 is 6.09 Å². The van der Waals surface area contributed by atoms with Crippen molar-refractivity contribution in [1.82, 2.24) is 9.80 Å². The van der Waals surface area contributed by atoms with E-state index in [0.29, 0.717) is 0 Å². The van der Waals surface area contributed by atoms with Gasteiger partial charge in [-0.15, -0.1) is 0 Å². The van der Waals surface area contributed by atoms with Gasteiger partial charge in [-0.3, -0.25) is 4.90 Å². The minimum absolute atomic E-state index is 0.174. The first-order chi connectivity index (χ1) is 10.2. The predicted molar refractivity (Wildman–Crippen MR) is 96.8 cm³/mol. The molecular weight excluding hydrogens is 391 g/mol. The molecule has 1 amide bonds. The molecule has 5 heteroatoms. The summed E-state index contributed by atoms with van der Waals surface area (Å²) in [6.07, 6.45) is -0.200. The van der Waals surface area contributed by atoms with Crippen LogP contribution < -0.4 is 0 Å². The fraction of sp³-hybridized carbons (Fsp3) is 0.588. The Morgan fingerprint density at radius 3 is 2.45 bits per heavy atom. The quantitative estimate of drug-likeness (QED) is 0.689. The average molecular weight is 416 g/mol. The fourth-order valence-electron chi connectivity index (χ4n) is 2.62. The van der Waals surface area contributed by atoms with Gasteiger partial charge in [0.15, 0.2) is 0 Å². The van der Waals surface area contributed by atoms with E-state index in [1.54, 1.807) is 0 Å². The van der Waals surface area contributed by atoms with Crippen LogP contribution in [0.5, 0.6) is 0 Å². The molecule has 1 aromatic rings. The first-order valence-corrected chi connectivity index (χ1v) is 8.79. The summed E-state index contributed by atoms with van der Waals surface area (Å²) in [5.74, 6) is 0. The van der Waals surface area contributed by atoms with E-state index < -0.39 is 5.60 Å². The van der Waals surface area contributed by atoms with Gasteiger partial charge in [-0.25, -0.2) is 4.79 Å². The number of carbonyl (C=O) groups is 1. The summed E-state index contributed by atoms with van der Waals surface area (Å²) in [5, 5.41) is 0. The molecule has 1 heterocycles. The highest BCUT2D eigenvalue weighted by Gasteiger charge is 2.30. The molecule has 0 saturated carbocycles. The Hall–Kier alpha value is -0.820. The summed E-state index contributed by atoms with van der Waals surface area (Å²) in [5.41, 5.74) is 0.883. The van der Waals surface area contributed by atoms with Gasteiger partial charge < -0.3 is 9.64 Å².